The van der Waals surface area contributed by atoms with E-state index in [0.29, 0.717) is 18.8 Å². The van der Waals surface area contributed by atoms with Crippen molar-refractivity contribution in [3.63, 3.8) is 0 Å². The van der Waals surface area contributed by atoms with Gasteiger partial charge in [-0.05, 0) is 31.8 Å². The van der Waals surface area contributed by atoms with E-state index >= 15 is 0 Å². The summed E-state index contributed by atoms with van der Waals surface area (Å²) in [7, 11) is 2.55. The number of hydrogen-bond donors (Lipinski definition) is 0. The molecule has 1 saturated carbocycles. The first-order valence-electron chi connectivity index (χ1n) is 8.71. The van der Waals surface area contributed by atoms with Gasteiger partial charge in [0.1, 0.15) is 0 Å². The molecule has 2 spiro atoms. The van der Waals surface area contributed by atoms with Crippen LogP contribution in [0.4, 0.5) is 0 Å². The van der Waals surface area contributed by atoms with Crippen LogP contribution in [-0.2, 0) is 28.5 Å². The Hall–Kier alpha value is -1.66. The second kappa shape index (κ2) is 6.57. The first-order chi connectivity index (χ1) is 11.9. The third-order valence-corrected chi connectivity index (χ3v) is 5.86. The van der Waals surface area contributed by atoms with Gasteiger partial charge in [0.05, 0.1) is 27.4 Å². The maximum atomic E-state index is 12.3. The Morgan fingerprint density at radius 3 is 2.32 bits per heavy atom. The van der Waals surface area contributed by atoms with Crippen LogP contribution in [-0.4, -0.2) is 45.2 Å². The van der Waals surface area contributed by atoms with E-state index in [9.17, 15) is 9.59 Å². The predicted octanol–water partition coefficient (Wildman–Crippen LogP) is 2.38. The van der Waals surface area contributed by atoms with Gasteiger partial charge in [-0.3, -0.25) is 9.59 Å². The minimum atomic E-state index is -1.07. The standard InChI is InChI=1S/C19H26O6/c1-12(2)13-10-18(6-5-7-19(18)24-8-9-25-19)11-14(13)15(16(20)22-3)17(21)23-4/h11,13,15H,1,5-10H2,2-4H3. The number of allylic oxidation sites excluding steroid dienone is 1. The van der Waals surface area contributed by atoms with Crippen molar-refractivity contribution in [3.05, 3.63) is 23.8 Å². The number of carbonyl (C=O) groups excluding carboxylic acids is 2. The molecule has 138 valence electrons. The van der Waals surface area contributed by atoms with Crippen molar-refractivity contribution in [2.75, 3.05) is 27.4 Å². The molecule has 6 nitrogen and oxygen atoms in total. The van der Waals surface area contributed by atoms with E-state index in [4.69, 9.17) is 18.9 Å². The molecule has 1 heterocycles. The lowest BCUT2D eigenvalue weighted by atomic mass is 9.78. The molecule has 3 rings (SSSR count). The second-order valence-electron chi connectivity index (χ2n) is 7.19. The third-order valence-electron chi connectivity index (χ3n) is 5.86. The van der Waals surface area contributed by atoms with Crippen LogP contribution in [0.3, 0.4) is 0 Å². The number of hydrogen-bond acceptors (Lipinski definition) is 6. The van der Waals surface area contributed by atoms with Gasteiger partial charge in [-0.2, -0.15) is 0 Å². The van der Waals surface area contributed by atoms with E-state index in [-0.39, 0.29) is 11.3 Å². The monoisotopic (exact) mass is 350 g/mol. The minimum Gasteiger partial charge on any atom is -0.468 e. The van der Waals surface area contributed by atoms with Gasteiger partial charge >= 0.3 is 11.9 Å². The number of methoxy groups -OCH3 is 2. The van der Waals surface area contributed by atoms with Gasteiger partial charge < -0.3 is 18.9 Å². The minimum absolute atomic E-state index is 0.106. The molecule has 0 aromatic rings. The SMILES string of the molecule is C=C(C)C1CC2(C=C1C(C(=O)OC)C(=O)OC)CCCC21OCCO1. The zero-order valence-corrected chi connectivity index (χ0v) is 15.1. The van der Waals surface area contributed by atoms with Crippen molar-refractivity contribution in [2.24, 2.45) is 17.3 Å². The Kier molecular flexibility index (Phi) is 4.77. The Bertz CT molecular complexity index is 594. The Morgan fingerprint density at radius 2 is 1.80 bits per heavy atom. The summed E-state index contributed by atoms with van der Waals surface area (Å²) in [5.41, 5.74) is 1.26. The quantitative estimate of drug-likeness (QED) is 0.440. The predicted molar refractivity (Wildman–Crippen MR) is 89.4 cm³/mol. The maximum absolute atomic E-state index is 12.3. The van der Waals surface area contributed by atoms with Gasteiger partial charge in [-0.1, -0.05) is 18.2 Å². The molecule has 1 saturated heterocycles. The Balaban J connectivity index is 2.06. The van der Waals surface area contributed by atoms with Crippen molar-refractivity contribution in [1.29, 1.82) is 0 Å². The van der Waals surface area contributed by atoms with E-state index in [1.807, 2.05) is 13.0 Å². The lowest BCUT2D eigenvalue weighted by Gasteiger charge is -2.38. The zero-order chi connectivity index (χ0) is 18.2. The summed E-state index contributed by atoms with van der Waals surface area (Å²) in [6.07, 6.45) is 5.45. The molecule has 1 aliphatic heterocycles. The van der Waals surface area contributed by atoms with Gasteiger partial charge in [0.2, 0.25) is 0 Å². The van der Waals surface area contributed by atoms with Gasteiger partial charge in [0.15, 0.2) is 11.7 Å². The lowest BCUT2D eigenvalue weighted by molar-refractivity contribution is -0.207. The summed E-state index contributed by atoms with van der Waals surface area (Å²) in [5, 5.41) is 0. The van der Waals surface area contributed by atoms with E-state index in [0.717, 1.165) is 31.3 Å². The molecule has 6 heteroatoms. The van der Waals surface area contributed by atoms with E-state index < -0.39 is 23.6 Å². The van der Waals surface area contributed by atoms with Crippen LogP contribution in [0.15, 0.2) is 23.8 Å². The van der Waals surface area contributed by atoms with Crippen LogP contribution < -0.4 is 0 Å². The number of rotatable bonds is 4. The first-order valence-corrected chi connectivity index (χ1v) is 8.71. The van der Waals surface area contributed by atoms with Crippen LogP contribution >= 0.6 is 0 Å². The highest BCUT2D eigenvalue weighted by Gasteiger charge is 2.62. The highest BCUT2D eigenvalue weighted by atomic mass is 16.7. The normalized spacial score (nSPS) is 30.1. The fourth-order valence-electron chi connectivity index (χ4n) is 4.71. The molecule has 0 amide bonds. The van der Waals surface area contributed by atoms with Crippen LogP contribution in [0.2, 0.25) is 0 Å². The molecule has 3 aliphatic rings. The van der Waals surface area contributed by atoms with Gasteiger partial charge in [-0.15, -0.1) is 0 Å². The second-order valence-corrected chi connectivity index (χ2v) is 7.19. The van der Waals surface area contributed by atoms with E-state index in [1.54, 1.807) is 0 Å². The van der Waals surface area contributed by atoms with Crippen molar-refractivity contribution < 1.29 is 28.5 Å². The number of ether oxygens (including phenoxy) is 4. The summed E-state index contributed by atoms with van der Waals surface area (Å²) in [6.45, 7) is 7.14. The Morgan fingerprint density at radius 1 is 1.20 bits per heavy atom. The third kappa shape index (κ3) is 2.72. The van der Waals surface area contributed by atoms with Gasteiger partial charge in [-0.25, -0.2) is 0 Å². The average molecular weight is 350 g/mol. The molecule has 0 radical (unpaired) electrons. The van der Waals surface area contributed by atoms with Crippen LogP contribution in [0.1, 0.15) is 32.6 Å². The molecular formula is C19H26O6. The summed E-state index contributed by atoms with van der Waals surface area (Å²) in [6, 6.07) is 0. The Labute approximate surface area is 148 Å². The summed E-state index contributed by atoms with van der Waals surface area (Å²) >= 11 is 0. The first kappa shape index (κ1) is 18.1. The molecule has 0 aromatic carbocycles. The lowest BCUT2D eigenvalue weighted by Crippen LogP contribution is -2.43. The fraction of sp³-hybridized carbons (Fsp3) is 0.684. The number of fused-ring (bicyclic) bond motifs is 1. The highest BCUT2D eigenvalue weighted by Crippen LogP contribution is 2.61. The number of esters is 2. The van der Waals surface area contributed by atoms with E-state index in [1.165, 1.54) is 14.2 Å². The summed E-state index contributed by atoms with van der Waals surface area (Å²) < 4.78 is 21.8. The van der Waals surface area contributed by atoms with Crippen LogP contribution in [0, 0.1) is 17.3 Å². The molecule has 0 N–H and O–H groups in total. The molecule has 25 heavy (non-hydrogen) atoms. The molecule has 2 atom stereocenters. The van der Waals surface area contributed by atoms with Crippen molar-refractivity contribution >= 4 is 11.9 Å². The summed E-state index contributed by atoms with van der Waals surface area (Å²) in [4.78, 5) is 24.7. The fourth-order valence-corrected chi connectivity index (χ4v) is 4.71. The number of carbonyl (C=O) groups is 2. The molecule has 0 bridgehead atoms. The molecule has 2 aliphatic carbocycles. The van der Waals surface area contributed by atoms with Crippen molar-refractivity contribution in [1.82, 2.24) is 0 Å². The average Bonchev–Trinajstić information content (AvgIpc) is 3.30. The topological polar surface area (TPSA) is 71.1 Å². The highest BCUT2D eigenvalue weighted by molar-refractivity contribution is 5.98. The molecule has 2 fully saturated rings. The van der Waals surface area contributed by atoms with E-state index in [2.05, 4.69) is 6.58 Å². The van der Waals surface area contributed by atoms with Crippen LogP contribution in [0.5, 0.6) is 0 Å². The largest absolute Gasteiger partial charge is 0.468 e. The molecule has 0 aromatic heterocycles. The summed E-state index contributed by atoms with van der Waals surface area (Å²) in [5.74, 6) is -3.05. The maximum Gasteiger partial charge on any atom is 0.324 e. The van der Waals surface area contributed by atoms with Crippen molar-refractivity contribution in [3.8, 4) is 0 Å². The smallest absolute Gasteiger partial charge is 0.324 e. The van der Waals surface area contributed by atoms with Crippen molar-refractivity contribution in [2.45, 2.75) is 38.4 Å². The molecular weight excluding hydrogens is 324 g/mol. The zero-order valence-electron chi connectivity index (χ0n) is 15.1. The van der Waals surface area contributed by atoms with Gasteiger partial charge in [0, 0.05) is 17.8 Å². The molecule has 2 unspecified atom stereocenters. The van der Waals surface area contributed by atoms with Gasteiger partial charge in [0.25, 0.3) is 0 Å². The van der Waals surface area contributed by atoms with Crippen LogP contribution in [0.25, 0.3) is 0 Å².